The molecule has 0 bridgehead atoms. The van der Waals surface area contributed by atoms with E-state index in [1.165, 1.54) is 0 Å². The molecular formula is C18H20N2O3. The van der Waals surface area contributed by atoms with Gasteiger partial charge < -0.3 is 25.7 Å². The molecule has 2 saturated heterocycles. The summed E-state index contributed by atoms with van der Waals surface area (Å²) in [6.45, 7) is 1.61. The van der Waals surface area contributed by atoms with Gasteiger partial charge in [-0.3, -0.25) is 0 Å². The van der Waals surface area contributed by atoms with E-state index in [4.69, 9.17) is 25.7 Å². The standard InChI is InChI=1S/C18H20N2O3/c19-13-1-3-17(11(5-13)7-15-9-21-15)23-18-4-2-14(20)6-12(18)8-16-10-22-16/h1-6,15-16H,7-10,19-20H2/t15-,16-/m0/s1. The molecule has 0 spiro atoms. The molecule has 0 radical (unpaired) electrons. The molecule has 0 unspecified atom stereocenters. The molecule has 4 rings (SSSR count). The van der Waals surface area contributed by atoms with Crippen molar-refractivity contribution in [2.75, 3.05) is 24.7 Å². The Balaban J connectivity index is 1.61. The molecule has 5 nitrogen and oxygen atoms in total. The Hall–Kier alpha value is -2.24. The first-order valence-corrected chi connectivity index (χ1v) is 7.85. The number of hydrogen-bond donors (Lipinski definition) is 2. The zero-order valence-electron chi connectivity index (χ0n) is 12.8. The smallest absolute Gasteiger partial charge is 0.130 e. The van der Waals surface area contributed by atoms with Crippen LogP contribution >= 0.6 is 0 Å². The number of benzene rings is 2. The molecule has 0 aliphatic carbocycles. The lowest BCUT2D eigenvalue weighted by molar-refractivity contribution is 0.398. The van der Waals surface area contributed by atoms with Crippen molar-refractivity contribution < 1.29 is 14.2 Å². The Morgan fingerprint density at radius 3 is 1.65 bits per heavy atom. The molecule has 2 heterocycles. The largest absolute Gasteiger partial charge is 0.457 e. The van der Waals surface area contributed by atoms with Gasteiger partial charge in [0.1, 0.15) is 11.5 Å². The van der Waals surface area contributed by atoms with Crippen LogP contribution in [0.1, 0.15) is 11.1 Å². The van der Waals surface area contributed by atoms with Crippen LogP contribution in [-0.2, 0) is 22.3 Å². The van der Waals surface area contributed by atoms with E-state index >= 15 is 0 Å². The summed E-state index contributed by atoms with van der Waals surface area (Å²) in [7, 11) is 0. The van der Waals surface area contributed by atoms with Crippen molar-refractivity contribution in [3.63, 3.8) is 0 Å². The Kier molecular flexibility index (Phi) is 3.59. The molecule has 5 heteroatoms. The van der Waals surface area contributed by atoms with Gasteiger partial charge in [0.05, 0.1) is 25.4 Å². The summed E-state index contributed by atoms with van der Waals surface area (Å²) < 4.78 is 16.8. The van der Waals surface area contributed by atoms with Crippen LogP contribution in [0.3, 0.4) is 0 Å². The van der Waals surface area contributed by atoms with E-state index in [0.717, 1.165) is 60.1 Å². The maximum atomic E-state index is 6.19. The van der Waals surface area contributed by atoms with Crippen molar-refractivity contribution in [2.24, 2.45) is 0 Å². The first kappa shape index (κ1) is 14.4. The van der Waals surface area contributed by atoms with E-state index < -0.39 is 0 Å². The topological polar surface area (TPSA) is 86.3 Å². The fourth-order valence-corrected chi connectivity index (χ4v) is 2.70. The molecule has 2 atom stereocenters. The Morgan fingerprint density at radius 1 is 0.826 bits per heavy atom. The van der Waals surface area contributed by atoms with Gasteiger partial charge in [-0.1, -0.05) is 0 Å². The minimum atomic E-state index is 0.282. The van der Waals surface area contributed by atoms with Gasteiger partial charge in [0, 0.05) is 24.2 Å². The predicted octanol–water partition coefficient (Wildman–Crippen LogP) is 2.53. The number of epoxide rings is 2. The third kappa shape index (κ3) is 3.57. The van der Waals surface area contributed by atoms with Crippen LogP contribution in [0.15, 0.2) is 36.4 Å². The Bertz CT molecular complexity index is 663. The first-order valence-electron chi connectivity index (χ1n) is 7.85. The molecule has 2 fully saturated rings. The van der Waals surface area contributed by atoms with Crippen LogP contribution in [-0.4, -0.2) is 25.4 Å². The van der Waals surface area contributed by atoms with Crippen molar-refractivity contribution in [1.82, 2.24) is 0 Å². The zero-order valence-corrected chi connectivity index (χ0v) is 12.8. The normalized spacial score (nSPS) is 21.9. The average molecular weight is 312 g/mol. The molecule has 0 amide bonds. The quantitative estimate of drug-likeness (QED) is 0.632. The summed E-state index contributed by atoms with van der Waals surface area (Å²) in [5.74, 6) is 1.63. The van der Waals surface area contributed by atoms with Crippen molar-refractivity contribution in [3.05, 3.63) is 47.5 Å². The summed E-state index contributed by atoms with van der Waals surface area (Å²) >= 11 is 0. The monoisotopic (exact) mass is 312 g/mol. The minimum absolute atomic E-state index is 0.282. The minimum Gasteiger partial charge on any atom is -0.457 e. The van der Waals surface area contributed by atoms with Crippen LogP contribution in [0.4, 0.5) is 11.4 Å². The lowest BCUT2D eigenvalue weighted by Crippen LogP contribution is -2.02. The number of anilines is 2. The third-order valence-corrected chi connectivity index (χ3v) is 4.09. The summed E-state index contributed by atoms with van der Waals surface area (Å²) in [6, 6.07) is 11.5. The highest BCUT2D eigenvalue weighted by atomic mass is 16.6. The van der Waals surface area contributed by atoms with E-state index in [-0.39, 0.29) is 12.2 Å². The van der Waals surface area contributed by atoms with Gasteiger partial charge in [-0.05, 0) is 47.5 Å². The molecule has 0 aromatic heterocycles. The highest BCUT2D eigenvalue weighted by Crippen LogP contribution is 2.34. The number of hydrogen-bond acceptors (Lipinski definition) is 5. The van der Waals surface area contributed by atoms with Crippen LogP contribution in [0.25, 0.3) is 0 Å². The molecular weight excluding hydrogens is 292 g/mol. The average Bonchev–Trinajstić information content (AvgIpc) is 3.40. The van der Waals surface area contributed by atoms with Crippen molar-refractivity contribution in [2.45, 2.75) is 25.0 Å². The zero-order chi connectivity index (χ0) is 15.8. The third-order valence-electron chi connectivity index (χ3n) is 4.09. The predicted molar refractivity (Wildman–Crippen MR) is 88.7 cm³/mol. The van der Waals surface area contributed by atoms with Gasteiger partial charge in [0.2, 0.25) is 0 Å². The fourth-order valence-electron chi connectivity index (χ4n) is 2.70. The summed E-state index contributed by atoms with van der Waals surface area (Å²) in [4.78, 5) is 0. The molecule has 23 heavy (non-hydrogen) atoms. The van der Waals surface area contributed by atoms with Gasteiger partial charge in [-0.2, -0.15) is 0 Å². The summed E-state index contributed by atoms with van der Waals surface area (Å²) in [5, 5.41) is 0. The number of ether oxygens (including phenoxy) is 3. The summed E-state index contributed by atoms with van der Waals surface area (Å²) in [6.07, 6.45) is 2.20. The summed E-state index contributed by atoms with van der Waals surface area (Å²) in [5.41, 5.74) is 15.4. The van der Waals surface area contributed by atoms with Crippen molar-refractivity contribution >= 4 is 11.4 Å². The molecule has 2 aromatic rings. The molecule has 2 aliphatic rings. The van der Waals surface area contributed by atoms with Crippen LogP contribution < -0.4 is 16.2 Å². The Morgan fingerprint density at radius 2 is 1.26 bits per heavy atom. The second-order valence-electron chi connectivity index (χ2n) is 6.16. The van der Waals surface area contributed by atoms with E-state index in [1.807, 2.05) is 36.4 Å². The molecule has 2 aliphatic heterocycles. The number of nitrogen functional groups attached to an aromatic ring is 2. The van der Waals surface area contributed by atoms with Gasteiger partial charge in [-0.25, -0.2) is 0 Å². The highest BCUT2D eigenvalue weighted by Gasteiger charge is 2.26. The van der Waals surface area contributed by atoms with E-state index in [0.29, 0.717) is 0 Å². The number of rotatable bonds is 6. The fraction of sp³-hybridized carbons (Fsp3) is 0.333. The van der Waals surface area contributed by atoms with E-state index in [2.05, 4.69) is 0 Å². The molecule has 120 valence electrons. The lowest BCUT2D eigenvalue weighted by atomic mass is 10.1. The Labute approximate surface area is 135 Å². The van der Waals surface area contributed by atoms with Crippen molar-refractivity contribution in [1.29, 1.82) is 0 Å². The SMILES string of the molecule is Nc1ccc(Oc2ccc(N)cc2C[C@H]2CO2)c(C[C@H]2CO2)c1. The van der Waals surface area contributed by atoms with Gasteiger partial charge >= 0.3 is 0 Å². The lowest BCUT2D eigenvalue weighted by Gasteiger charge is -2.15. The maximum Gasteiger partial charge on any atom is 0.130 e. The highest BCUT2D eigenvalue weighted by molar-refractivity contribution is 5.53. The van der Waals surface area contributed by atoms with E-state index in [9.17, 15) is 0 Å². The molecule has 0 saturated carbocycles. The second-order valence-corrected chi connectivity index (χ2v) is 6.16. The molecule has 4 N–H and O–H groups in total. The maximum absolute atomic E-state index is 6.19. The van der Waals surface area contributed by atoms with E-state index in [1.54, 1.807) is 0 Å². The second kappa shape index (κ2) is 5.76. The van der Waals surface area contributed by atoms with Crippen LogP contribution in [0.5, 0.6) is 11.5 Å². The van der Waals surface area contributed by atoms with Crippen molar-refractivity contribution in [3.8, 4) is 11.5 Å². The molecule has 2 aromatic carbocycles. The van der Waals surface area contributed by atoms with Gasteiger partial charge in [0.25, 0.3) is 0 Å². The van der Waals surface area contributed by atoms with Gasteiger partial charge in [0.15, 0.2) is 0 Å². The van der Waals surface area contributed by atoms with Gasteiger partial charge in [-0.15, -0.1) is 0 Å². The first-order chi connectivity index (χ1) is 11.2. The number of nitrogens with two attached hydrogens (primary N) is 2. The van der Waals surface area contributed by atoms with Crippen LogP contribution in [0, 0.1) is 0 Å². The van der Waals surface area contributed by atoms with Crippen LogP contribution in [0.2, 0.25) is 0 Å².